The fourth-order valence-corrected chi connectivity index (χ4v) is 0.309. The Bertz CT molecular complexity index is 185. The SMILES string of the molecule is O=C(O)c1ncn[nH]1.[Ag]. The second-order valence-electron chi connectivity index (χ2n) is 1.14. The summed E-state index contributed by atoms with van der Waals surface area (Å²) in [6, 6.07) is 0. The first-order chi connectivity index (χ1) is 3.80. The van der Waals surface area contributed by atoms with Gasteiger partial charge < -0.3 is 5.11 Å². The molecule has 1 aromatic rings. The van der Waals surface area contributed by atoms with Gasteiger partial charge in [-0.15, -0.1) is 0 Å². The minimum Gasteiger partial charge on any atom is -0.475 e. The van der Waals surface area contributed by atoms with Crippen molar-refractivity contribution < 1.29 is 32.3 Å². The molecule has 1 radical (unpaired) electrons. The third-order valence-corrected chi connectivity index (χ3v) is 0.618. The number of hydrogen-bond donors (Lipinski definition) is 2. The largest absolute Gasteiger partial charge is 0.475 e. The molecule has 53 valence electrons. The number of carbonyl (C=O) groups is 1. The van der Waals surface area contributed by atoms with Crippen LogP contribution in [0.4, 0.5) is 0 Å². The molecular weight excluding hydrogens is 218 g/mol. The average Bonchev–Trinajstić information content (AvgIpc) is 2.12. The maximum atomic E-state index is 9.93. The second-order valence-corrected chi connectivity index (χ2v) is 1.14. The van der Waals surface area contributed by atoms with Crippen LogP contribution in [0.15, 0.2) is 6.33 Å². The molecule has 0 aliphatic heterocycles. The van der Waals surface area contributed by atoms with Crippen LogP contribution < -0.4 is 0 Å². The minimum absolute atomic E-state index is 0. The molecule has 0 fully saturated rings. The van der Waals surface area contributed by atoms with Crippen LogP contribution in [0, 0.1) is 0 Å². The topological polar surface area (TPSA) is 78.9 Å². The van der Waals surface area contributed by atoms with Crippen molar-refractivity contribution in [3.05, 3.63) is 12.2 Å². The Morgan fingerprint density at radius 3 is 2.67 bits per heavy atom. The van der Waals surface area contributed by atoms with E-state index in [1.165, 1.54) is 0 Å². The molecule has 0 amide bonds. The van der Waals surface area contributed by atoms with Crippen molar-refractivity contribution in [2.45, 2.75) is 0 Å². The van der Waals surface area contributed by atoms with E-state index in [0.717, 1.165) is 6.33 Å². The predicted molar refractivity (Wildman–Crippen MR) is 23.3 cm³/mol. The Balaban J connectivity index is 0.000000640. The summed E-state index contributed by atoms with van der Waals surface area (Å²) < 4.78 is 0. The number of nitrogens with one attached hydrogen (secondary N) is 1. The van der Waals surface area contributed by atoms with Crippen LogP contribution in [-0.2, 0) is 22.4 Å². The number of aromatic carboxylic acids is 1. The van der Waals surface area contributed by atoms with Gasteiger partial charge in [-0.1, -0.05) is 0 Å². The summed E-state index contributed by atoms with van der Waals surface area (Å²) in [7, 11) is 0. The molecule has 0 aromatic carbocycles. The van der Waals surface area contributed by atoms with Crippen molar-refractivity contribution >= 4 is 5.97 Å². The Labute approximate surface area is 66.0 Å². The fourth-order valence-electron chi connectivity index (χ4n) is 0.309. The van der Waals surface area contributed by atoms with Crippen molar-refractivity contribution in [3.8, 4) is 0 Å². The van der Waals surface area contributed by atoms with E-state index in [1.54, 1.807) is 0 Å². The Hall–Kier alpha value is -0.650. The van der Waals surface area contributed by atoms with Gasteiger partial charge in [-0.2, -0.15) is 5.10 Å². The number of rotatable bonds is 1. The molecule has 1 heterocycles. The predicted octanol–water partition coefficient (Wildman–Crippen LogP) is -0.500. The Kier molecular flexibility index (Phi) is 3.15. The van der Waals surface area contributed by atoms with Gasteiger partial charge in [-0.05, 0) is 0 Å². The third kappa shape index (κ3) is 1.96. The molecule has 0 unspecified atom stereocenters. The Morgan fingerprint density at radius 1 is 1.78 bits per heavy atom. The number of H-pyrrole nitrogens is 1. The van der Waals surface area contributed by atoms with Crippen molar-refractivity contribution in [2.24, 2.45) is 0 Å². The first-order valence-electron chi connectivity index (χ1n) is 1.89. The monoisotopic (exact) mass is 220 g/mol. The van der Waals surface area contributed by atoms with E-state index in [2.05, 4.69) is 15.2 Å². The summed E-state index contributed by atoms with van der Waals surface area (Å²) in [4.78, 5) is 13.3. The molecule has 0 spiro atoms. The van der Waals surface area contributed by atoms with Crippen LogP contribution >= 0.6 is 0 Å². The third-order valence-electron chi connectivity index (χ3n) is 0.618. The summed E-state index contributed by atoms with van der Waals surface area (Å²) in [6.07, 6.45) is 1.14. The number of hydrogen-bond acceptors (Lipinski definition) is 3. The summed E-state index contributed by atoms with van der Waals surface area (Å²) in [5.41, 5.74) is 0. The van der Waals surface area contributed by atoms with E-state index < -0.39 is 5.97 Å². The van der Waals surface area contributed by atoms with Gasteiger partial charge in [-0.25, -0.2) is 9.78 Å². The van der Waals surface area contributed by atoms with Gasteiger partial charge in [-0.3, -0.25) is 5.10 Å². The van der Waals surface area contributed by atoms with Crippen molar-refractivity contribution in [3.63, 3.8) is 0 Å². The van der Waals surface area contributed by atoms with Gasteiger partial charge in [0.05, 0.1) is 0 Å². The van der Waals surface area contributed by atoms with Gasteiger partial charge in [0, 0.05) is 22.4 Å². The van der Waals surface area contributed by atoms with Crippen LogP contribution in [0.3, 0.4) is 0 Å². The summed E-state index contributed by atoms with van der Waals surface area (Å²) in [5.74, 6) is -1.23. The van der Waals surface area contributed by atoms with E-state index in [-0.39, 0.29) is 28.2 Å². The maximum absolute atomic E-state index is 9.93. The zero-order chi connectivity index (χ0) is 5.98. The molecule has 9 heavy (non-hydrogen) atoms. The van der Waals surface area contributed by atoms with Crippen LogP contribution in [0.25, 0.3) is 0 Å². The average molecular weight is 221 g/mol. The van der Waals surface area contributed by atoms with Gasteiger partial charge in [0.25, 0.3) is 0 Å². The van der Waals surface area contributed by atoms with Gasteiger partial charge in [0.2, 0.25) is 5.82 Å². The number of aromatic amines is 1. The number of nitrogens with zero attached hydrogens (tertiary/aromatic N) is 2. The smallest absolute Gasteiger partial charge is 0.373 e. The van der Waals surface area contributed by atoms with Crippen LogP contribution in [0.2, 0.25) is 0 Å². The summed E-state index contributed by atoms with van der Waals surface area (Å²) in [5, 5.41) is 13.6. The number of carboxylic acids is 1. The zero-order valence-electron chi connectivity index (χ0n) is 4.13. The van der Waals surface area contributed by atoms with Crippen LogP contribution in [-0.4, -0.2) is 26.3 Å². The number of aromatic nitrogens is 3. The minimum atomic E-state index is -1.09. The van der Waals surface area contributed by atoms with Crippen LogP contribution in [0.5, 0.6) is 0 Å². The zero-order valence-corrected chi connectivity index (χ0v) is 5.61. The molecule has 0 saturated carbocycles. The van der Waals surface area contributed by atoms with E-state index in [0.29, 0.717) is 0 Å². The summed E-state index contributed by atoms with van der Waals surface area (Å²) in [6.45, 7) is 0. The molecule has 2 N–H and O–H groups in total. The molecule has 5 nitrogen and oxygen atoms in total. The van der Waals surface area contributed by atoms with Crippen molar-refractivity contribution in [2.75, 3.05) is 0 Å². The van der Waals surface area contributed by atoms with E-state index >= 15 is 0 Å². The fraction of sp³-hybridized carbons (Fsp3) is 0. The van der Waals surface area contributed by atoms with Crippen LogP contribution in [0.1, 0.15) is 10.6 Å². The van der Waals surface area contributed by atoms with Crippen molar-refractivity contribution in [1.29, 1.82) is 0 Å². The maximum Gasteiger partial charge on any atom is 0.373 e. The van der Waals surface area contributed by atoms with Gasteiger partial charge >= 0.3 is 5.97 Å². The molecule has 1 rings (SSSR count). The first kappa shape index (κ1) is 8.35. The van der Waals surface area contributed by atoms with Gasteiger partial charge in [0.15, 0.2) is 0 Å². The van der Waals surface area contributed by atoms with Gasteiger partial charge in [0.1, 0.15) is 6.33 Å². The molecule has 0 atom stereocenters. The Morgan fingerprint density at radius 2 is 2.44 bits per heavy atom. The molecule has 1 aromatic heterocycles. The standard InChI is InChI=1S/C3H3N3O2.Ag/c7-3(8)2-4-1-5-6-2;/h1H,(H,7,8)(H,4,5,6);. The molecule has 0 saturated heterocycles. The van der Waals surface area contributed by atoms with Crippen molar-refractivity contribution in [1.82, 2.24) is 15.2 Å². The first-order valence-corrected chi connectivity index (χ1v) is 1.89. The van der Waals surface area contributed by atoms with E-state index in [1.807, 2.05) is 0 Å². The molecule has 0 aliphatic carbocycles. The molecular formula is C3H3AgN3O2. The molecule has 0 aliphatic rings. The quantitative estimate of drug-likeness (QED) is 0.626. The normalized spacial score (nSPS) is 8.00. The second kappa shape index (κ2) is 3.39. The molecule has 6 heteroatoms. The summed E-state index contributed by atoms with van der Waals surface area (Å²) >= 11 is 0. The molecule has 0 bridgehead atoms. The van der Waals surface area contributed by atoms with E-state index in [4.69, 9.17) is 5.11 Å². The van der Waals surface area contributed by atoms with E-state index in [9.17, 15) is 4.79 Å². The number of carboxylic acid groups (broad SMARTS) is 1.